The van der Waals surface area contributed by atoms with E-state index in [0.717, 1.165) is 33.2 Å². The van der Waals surface area contributed by atoms with Gasteiger partial charge in [-0.15, -0.1) is 0 Å². The first kappa shape index (κ1) is 13.5. The van der Waals surface area contributed by atoms with Crippen LogP contribution >= 0.6 is 27.7 Å². The SMILES string of the molecule is CCc1nn(C)c(CSc2nccc(C)n2)c1Br. The molecule has 6 heteroatoms. The van der Waals surface area contributed by atoms with Crippen molar-refractivity contribution >= 4 is 27.7 Å². The summed E-state index contributed by atoms with van der Waals surface area (Å²) in [5.41, 5.74) is 3.26. The normalized spacial score (nSPS) is 10.9. The second-order valence-corrected chi connectivity index (χ2v) is 5.69. The fourth-order valence-electron chi connectivity index (χ4n) is 1.60. The molecule has 4 nitrogen and oxygen atoms in total. The second-order valence-electron chi connectivity index (χ2n) is 3.95. The summed E-state index contributed by atoms with van der Waals surface area (Å²) in [6, 6.07) is 1.90. The van der Waals surface area contributed by atoms with Crippen LogP contribution in [0.4, 0.5) is 0 Å². The number of aryl methyl sites for hydroxylation is 3. The van der Waals surface area contributed by atoms with Gasteiger partial charge in [0, 0.05) is 24.7 Å². The minimum atomic E-state index is 0.807. The van der Waals surface area contributed by atoms with Crippen LogP contribution in [0.3, 0.4) is 0 Å². The van der Waals surface area contributed by atoms with E-state index in [1.54, 1.807) is 18.0 Å². The fraction of sp³-hybridized carbons (Fsp3) is 0.417. The quantitative estimate of drug-likeness (QED) is 0.639. The summed E-state index contributed by atoms with van der Waals surface area (Å²) in [6.07, 6.45) is 2.72. The third-order valence-corrected chi connectivity index (χ3v) is 4.40. The molecule has 0 amide bonds. The predicted molar refractivity (Wildman–Crippen MR) is 76.6 cm³/mol. The molecule has 0 radical (unpaired) electrons. The van der Waals surface area contributed by atoms with Crippen LogP contribution in [0.25, 0.3) is 0 Å². The van der Waals surface area contributed by atoms with Gasteiger partial charge in [0.2, 0.25) is 0 Å². The third-order valence-electron chi connectivity index (χ3n) is 2.61. The molecular weight excluding hydrogens is 312 g/mol. The molecule has 0 fully saturated rings. The van der Waals surface area contributed by atoms with Crippen molar-refractivity contribution < 1.29 is 0 Å². The third kappa shape index (κ3) is 2.92. The molecule has 2 aromatic rings. The highest BCUT2D eigenvalue weighted by molar-refractivity contribution is 9.10. The number of halogens is 1. The van der Waals surface area contributed by atoms with E-state index in [-0.39, 0.29) is 0 Å². The molecule has 2 aromatic heterocycles. The van der Waals surface area contributed by atoms with Gasteiger partial charge in [0.25, 0.3) is 0 Å². The molecule has 0 saturated heterocycles. The molecule has 0 aliphatic carbocycles. The van der Waals surface area contributed by atoms with Crippen molar-refractivity contribution in [3.8, 4) is 0 Å². The molecule has 2 heterocycles. The Morgan fingerprint density at radius 3 is 2.83 bits per heavy atom. The van der Waals surface area contributed by atoms with Gasteiger partial charge in [-0.2, -0.15) is 5.10 Å². The summed E-state index contributed by atoms with van der Waals surface area (Å²) in [4.78, 5) is 8.63. The number of aromatic nitrogens is 4. The molecular formula is C12H15BrN4S. The Kier molecular flexibility index (Phi) is 4.40. The molecule has 0 N–H and O–H groups in total. The van der Waals surface area contributed by atoms with Crippen LogP contribution in [0, 0.1) is 6.92 Å². The lowest BCUT2D eigenvalue weighted by Gasteiger charge is -2.02. The Bertz CT molecular complexity index is 553. The van der Waals surface area contributed by atoms with Crippen molar-refractivity contribution in [3.63, 3.8) is 0 Å². The van der Waals surface area contributed by atoms with Crippen molar-refractivity contribution in [2.24, 2.45) is 7.05 Å². The van der Waals surface area contributed by atoms with Crippen molar-refractivity contribution in [1.29, 1.82) is 0 Å². The first-order valence-electron chi connectivity index (χ1n) is 5.74. The number of rotatable bonds is 4. The minimum Gasteiger partial charge on any atom is -0.270 e. The molecule has 96 valence electrons. The van der Waals surface area contributed by atoms with Crippen molar-refractivity contribution in [2.45, 2.75) is 31.2 Å². The van der Waals surface area contributed by atoms with E-state index in [0.29, 0.717) is 0 Å². The Morgan fingerprint density at radius 2 is 2.22 bits per heavy atom. The summed E-state index contributed by atoms with van der Waals surface area (Å²) in [6.45, 7) is 4.08. The molecule has 0 bridgehead atoms. The maximum atomic E-state index is 4.47. The van der Waals surface area contributed by atoms with Crippen LogP contribution in [0.15, 0.2) is 21.9 Å². The fourth-order valence-corrected chi connectivity index (χ4v) is 3.49. The summed E-state index contributed by atoms with van der Waals surface area (Å²) in [7, 11) is 1.97. The van der Waals surface area contributed by atoms with Crippen molar-refractivity contribution in [3.05, 3.63) is 33.8 Å². The molecule has 0 unspecified atom stereocenters. The van der Waals surface area contributed by atoms with E-state index >= 15 is 0 Å². The second kappa shape index (κ2) is 5.84. The van der Waals surface area contributed by atoms with E-state index in [4.69, 9.17) is 0 Å². The largest absolute Gasteiger partial charge is 0.270 e. The van der Waals surface area contributed by atoms with Gasteiger partial charge in [-0.1, -0.05) is 18.7 Å². The lowest BCUT2D eigenvalue weighted by molar-refractivity contribution is 0.719. The van der Waals surface area contributed by atoms with Crippen LogP contribution in [0.2, 0.25) is 0 Å². The zero-order valence-electron chi connectivity index (χ0n) is 10.6. The van der Waals surface area contributed by atoms with Gasteiger partial charge in [0.15, 0.2) is 5.16 Å². The van der Waals surface area contributed by atoms with Gasteiger partial charge < -0.3 is 0 Å². The maximum absolute atomic E-state index is 4.47. The number of nitrogens with zero attached hydrogens (tertiary/aromatic N) is 4. The number of hydrogen-bond donors (Lipinski definition) is 0. The van der Waals surface area contributed by atoms with Crippen LogP contribution in [0.5, 0.6) is 0 Å². The van der Waals surface area contributed by atoms with Gasteiger partial charge in [0.05, 0.1) is 15.9 Å². The Morgan fingerprint density at radius 1 is 1.44 bits per heavy atom. The molecule has 0 atom stereocenters. The van der Waals surface area contributed by atoms with E-state index in [2.05, 4.69) is 37.9 Å². The van der Waals surface area contributed by atoms with Crippen molar-refractivity contribution in [1.82, 2.24) is 19.7 Å². The maximum Gasteiger partial charge on any atom is 0.188 e. The first-order valence-corrected chi connectivity index (χ1v) is 7.52. The zero-order valence-corrected chi connectivity index (χ0v) is 13.0. The van der Waals surface area contributed by atoms with Gasteiger partial charge in [-0.3, -0.25) is 4.68 Å². The first-order chi connectivity index (χ1) is 8.61. The van der Waals surface area contributed by atoms with E-state index in [1.165, 1.54) is 5.69 Å². The summed E-state index contributed by atoms with van der Waals surface area (Å²) >= 11 is 5.24. The summed E-state index contributed by atoms with van der Waals surface area (Å²) in [5, 5.41) is 5.28. The van der Waals surface area contributed by atoms with E-state index in [1.807, 2.05) is 24.7 Å². The van der Waals surface area contributed by atoms with E-state index < -0.39 is 0 Å². The Balaban J connectivity index is 2.13. The topological polar surface area (TPSA) is 43.6 Å². The molecule has 0 saturated carbocycles. The van der Waals surface area contributed by atoms with Crippen LogP contribution in [-0.2, 0) is 19.2 Å². The lowest BCUT2D eigenvalue weighted by atomic mass is 10.3. The average Bonchev–Trinajstić information content (AvgIpc) is 2.62. The van der Waals surface area contributed by atoms with Gasteiger partial charge in [-0.25, -0.2) is 9.97 Å². The molecule has 0 aromatic carbocycles. The molecule has 0 aliphatic heterocycles. The lowest BCUT2D eigenvalue weighted by Crippen LogP contribution is -1.98. The highest BCUT2D eigenvalue weighted by Gasteiger charge is 2.13. The molecule has 0 spiro atoms. The zero-order chi connectivity index (χ0) is 13.1. The number of hydrogen-bond acceptors (Lipinski definition) is 4. The average molecular weight is 327 g/mol. The predicted octanol–water partition coefficient (Wildman–Crippen LogP) is 3.14. The van der Waals surface area contributed by atoms with Gasteiger partial charge in [-0.05, 0) is 35.3 Å². The van der Waals surface area contributed by atoms with Gasteiger partial charge >= 0.3 is 0 Å². The highest BCUT2D eigenvalue weighted by atomic mass is 79.9. The van der Waals surface area contributed by atoms with Crippen LogP contribution in [0.1, 0.15) is 24.0 Å². The molecule has 0 aliphatic rings. The van der Waals surface area contributed by atoms with Crippen LogP contribution < -0.4 is 0 Å². The highest BCUT2D eigenvalue weighted by Crippen LogP contribution is 2.27. The van der Waals surface area contributed by atoms with Crippen molar-refractivity contribution in [2.75, 3.05) is 0 Å². The molecule has 2 rings (SSSR count). The number of thioether (sulfide) groups is 1. The summed E-state index contributed by atoms with van der Waals surface area (Å²) < 4.78 is 3.03. The minimum absolute atomic E-state index is 0.807. The van der Waals surface area contributed by atoms with E-state index in [9.17, 15) is 0 Å². The smallest absolute Gasteiger partial charge is 0.188 e. The van der Waals surface area contributed by atoms with Gasteiger partial charge in [0.1, 0.15) is 0 Å². The molecule has 18 heavy (non-hydrogen) atoms. The van der Waals surface area contributed by atoms with Crippen LogP contribution in [-0.4, -0.2) is 19.7 Å². The summed E-state index contributed by atoms with van der Waals surface area (Å²) in [5.74, 6) is 0.813. The standard InChI is InChI=1S/C12H15BrN4S/c1-4-9-11(13)10(17(3)16-9)7-18-12-14-6-5-8(2)15-12/h5-6H,4,7H2,1-3H3. The Labute approximate surface area is 119 Å². The Hall–Kier alpha value is -0.880. The monoisotopic (exact) mass is 326 g/mol.